The fourth-order valence-corrected chi connectivity index (χ4v) is 2.66. The first-order chi connectivity index (χ1) is 8.25. The normalized spacial score (nSPS) is 10.9. The molecule has 0 amide bonds. The molecule has 2 aromatic heterocycles. The highest BCUT2D eigenvalue weighted by Crippen LogP contribution is 2.28. The molecule has 0 fully saturated rings. The van der Waals surface area contributed by atoms with Gasteiger partial charge >= 0.3 is 0 Å². The van der Waals surface area contributed by atoms with Crippen LogP contribution in [0.2, 0.25) is 0 Å². The van der Waals surface area contributed by atoms with Crippen LogP contribution in [0.5, 0.6) is 0 Å². The van der Waals surface area contributed by atoms with Crippen molar-refractivity contribution in [2.24, 2.45) is 0 Å². The van der Waals surface area contributed by atoms with E-state index in [0.29, 0.717) is 11.6 Å². The van der Waals surface area contributed by atoms with Gasteiger partial charge in [0.1, 0.15) is 5.82 Å². The molecule has 17 heavy (non-hydrogen) atoms. The molecule has 84 valence electrons. The minimum Gasteiger partial charge on any atom is -0.383 e. The van der Waals surface area contributed by atoms with Crippen LogP contribution in [-0.4, -0.2) is 9.97 Å². The summed E-state index contributed by atoms with van der Waals surface area (Å²) < 4.78 is 0. The number of benzene rings is 1. The van der Waals surface area contributed by atoms with Crippen LogP contribution in [0.3, 0.4) is 0 Å². The summed E-state index contributed by atoms with van der Waals surface area (Å²) in [6, 6.07) is 9.86. The van der Waals surface area contributed by atoms with E-state index in [1.54, 1.807) is 11.3 Å². The maximum absolute atomic E-state index is 5.97. The number of thiophene rings is 1. The molecule has 1 aromatic carbocycles. The average molecular weight is 241 g/mol. The van der Waals surface area contributed by atoms with Crippen molar-refractivity contribution in [3.63, 3.8) is 0 Å². The molecular formula is C13H11N3S. The number of nitrogens with zero attached hydrogens (tertiary/aromatic N) is 2. The highest BCUT2D eigenvalue weighted by atomic mass is 32.1. The number of anilines is 1. The van der Waals surface area contributed by atoms with Crippen molar-refractivity contribution >= 4 is 28.1 Å². The predicted octanol–water partition coefficient (Wildman–Crippen LogP) is 3.25. The molecule has 3 rings (SSSR count). The van der Waals surface area contributed by atoms with Crippen LogP contribution < -0.4 is 5.73 Å². The number of aromatic nitrogens is 2. The lowest BCUT2D eigenvalue weighted by Gasteiger charge is -2.04. The van der Waals surface area contributed by atoms with Crippen molar-refractivity contribution in [1.82, 2.24) is 9.97 Å². The molecule has 2 heterocycles. The number of aryl methyl sites for hydroxylation is 1. The van der Waals surface area contributed by atoms with Gasteiger partial charge in [-0.15, -0.1) is 11.3 Å². The molecule has 0 unspecified atom stereocenters. The van der Waals surface area contributed by atoms with Crippen LogP contribution in [0.15, 0.2) is 35.7 Å². The minimum absolute atomic E-state index is 0.540. The molecule has 0 aliphatic carbocycles. The SMILES string of the molecule is Cc1ccsc1-c1nc(N)c2ccccc2n1. The van der Waals surface area contributed by atoms with Crippen LogP contribution in [0.1, 0.15) is 5.56 Å². The second-order valence-electron chi connectivity index (χ2n) is 3.88. The Bertz CT molecular complexity index is 688. The standard InChI is InChI=1S/C13H11N3S/c1-8-6-7-17-11(8)13-15-10-5-3-2-4-9(10)12(14)16-13/h2-7H,1H3,(H2,14,15,16). The minimum atomic E-state index is 0.540. The average Bonchev–Trinajstić information content (AvgIpc) is 2.75. The zero-order chi connectivity index (χ0) is 11.8. The van der Waals surface area contributed by atoms with Crippen molar-refractivity contribution in [2.75, 3.05) is 5.73 Å². The van der Waals surface area contributed by atoms with Gasteiger partial charge in [0.25, 0.3) is 0 Å². The van der Waals surface area contributed by atoms with Gasteiger partial charge < -0.3 is 5.73 Å². The second kappa shape index (κ2) is 3.82. The van der Waals surface area contributed by atoms with Crippen molar-refractivity contribution < 1.29 is 0 Å². The maximum atomic E-state index is 5.97. The Morgan fingerprint density at radius 1 is 1.12 bits per heavy atom. The van der Waals surface area contributed by atoms with Gasteiger partial charge in [0, 0.05) is 5.39 Å². The Morgan fingerprint density at radius 3 is 2.71 bits per heavy atom. The van der Waals surface area contributed by atoms with Crippen molar-refractivity contribution in [2.45, 2.75) is 6.92 Å². The summed E-state index contributed by atoms with van der Waals surface area (Å²) in [5.41, 5.74) is 8.04. The van der Waals surface area contributed by atoms with Gasteiger partial charge in [-0.3, -0.25) is 0 Å². The Balaban J connectivity index is 2.29. The zero-order valence-corrected chi connectivity index (χ0v) is 10.2. The van der Waals surface area contributed by atoms with Crippen LogP contribution in [-0.2, 0) is 0 Å². The number of nitrogens with two attached hydrogens (primary N) is 1. The number of hydrogen-bond donors (Lipinski definition) is 1. The molecule has 0 spiro atoms. The quantitative estimate of drug-likeness (QED) is 0.711. The summed E-state index contributed by atoms with van der Waals surface area (Å²) >= 11 is 1.64. The summed E-state index contributed by atoms with van der Waals surface area (Å²) in [4.78, 5) is 10.0. The molecule has 0 radical (unpaired) electrons. The summed E-state index contributed by atoms with van der Waals surface area (Å²) in [7, 11) is 0. The summed E-state index contributed by atoms with van der Waals surface area (Å²) in [6.07, 6.45) is 0. The molecule has 4 heteroatoms. The molecule has 3 aromatic rings. The van der Waals surface area contributed by atoms with Crippen LogP contribution in [0.4, 0.5) is 5.82 Å². The molecular weight excluding hydrogens is 230 g/mol. The maximum Gasteiger partial charge on any atom is 0.172 e. The van der Waals surface area contributed by atoms with Crippen molar-refractivity contribution in [1.29, 1.82) is 0 Å². The number of fused-ring (bicyclic) bond motifs is 1. The van der Waals surface area contributed by atoms with E-state index in [1.165, 1.54) is 5.56 Å². The van der Waals surface area contributed by atoms with Gasteiger partial charge in [0.2, 0.25) is 0 Å². The van der Waals surface area contributed by atoms with E-state index < -0.39 is 0 Å². The van der Waals surface area contributed by atoms with E-state index in [0.717, 1.165) is 15.8 Å². The smallest absolute Gasteiger partial charge is 0.172 e. The number of nitrogen functional groups attached to an aromatic ring is 1. The van der Waals surface area contributed by atoms with E-state index in [-0.39, 0.29) is 0 Å². The van der Waals surface area contributed by atoms with Crippen molar-refractivity contribution in [3.05, 3.63) is 41.3 Å². The first kappa shape index (κ1) is 10.2. The van der Waals surface area contributed by atoms with Gasteiger partial charge in [-0.25, -0.2) is 9.97 Å². The monoisotopic (exact) mass is 241 g/mol. The molecule has 0 aliphatic heterocycles. The lowest BCUT2D eigenvalue weighted by atomic mass is 10.2. The Kier molecular flexibility index (Phi) is 2.30. The number of para-hydroxylation sites is 1. The predicted molar refractivity (Wildman–Crippen MR) is 72.0 cm³/mol. The van der Waals surface area contributed by atoms with Gasteiger partial charge in [-0.1, -0.05) is 12.1 Å². The first-order valence-corrected chi connectivity index (χ1v) is 6.20. The molecule has 0 bridgehead atoms. The molecule has 0 saturated carbocycles. The summed E-state index contributed by atoms with van der Waals surface area (Å²) in [5, 5.41) is 2.95. The van der Waals surface area contributed by atoms with Crippen LogP contribution in [0, 0.1) is 6.92 Å². The van der Waals surface area contributed by atoms with Crippen LogP contribution >= 0.6 is 11.3 Å². The fraction of sp³-hybridized carbons (Fsp3) is 0.0769. The Labute approximate surface area is 103 Å². The highest BCUT2D eigenvalue weighted by Gasteiger charge is 2.09. The largest absolute Gasteiger partial charge is 0.383 e. The second-order valence-corrected chi connectivity index (χ2v) is 4.80. The third-order valence-electron chi connectivity index (χ3n) is 2.70. The molecule has 3 nitrogen and oxygen atoms in total. The van der Waals surface area contributed by atoms with E-state index in [2.05, 4.69) is 23.0 Å². The topological polar surface area (TPSA) is 51.8 Å². The fourth-order valence-electron chi connectivity index (χ4n) is 1.80. The van der Waals surface area contributed by atoms with Gasteiger partial charge in [-0.2, -0.15) is 0 Å². The van der Waals surface area contributed by atoms with Gasteiger partial charge in [0.05, 0.1) is 10.4 Å². The summed E-state index contributed by atoms with van der Waals surface area (Å²) in [5.74, 6) is 1.26. The Morgan fingerprint density at radius 2 is 1.94 bits per heavy atom. The van der Waals surface area contributed by atoms with E-state index in [4.69, 9.17) is 5.73 Å². The first-order valence-electron chi connectivity index (χ1n) is 5.32. The highest BCUT2D eigenvalue weighted by molar-refractivity contribution is 7.13. The lowest BCUT2D eigenvalue weighted by Crippen LogP contribution is -1.97. The zero-order valence-electron chi connectivity index (χ0n) is 9.34. The third kappa shape index (κ3) is 1.66. The van der Waals surface area contributed by atoms with Gasteiger partial charge in [0.15, 0.2) is 5.82 Å². The van der Waals surface area contributed by atoms with Crippen molar-refractivity contribution in [3.8, 4) is 10.7 Å². The summed E-state index contributed by atoms with van der Waals surface area (Å²) in [6.45, 7) is 2.06. The molecule has 0 aliphatic rings. The molecule has 0 atom stereocenters. The van der Waals surface area contributed by atoms with E-state index in [9.17, 15) is 0 Å². The molecule has 2 N–H and O–H groups in total. The molecule has 0 saturated heterocycles. The number of rotatable bonds is 1. The van der Waals surface area contributed by atoms with E-state index >= 15 is 0 Å². The van der Waals surface area contributed by atoms with Gasteiger partial charge in [-0.05, 0) is 36.1 Å². The number of hydrogen-bond acceptors (Lipinski definition) is 4. The lowest BCUT2D eigenvalue weighted by molar-refractivity contribution is 1.24. The Hall–Kier alpha value is -1.94. The third-order valence-corrected chi connectivity index (χ3v) is 3.71. The van der Waals surface area contributed by atoms with Crippen LogP contribution in [0.25, 0.3) is 21.6 Å². The van der Waals surface area contributed by atoms with E-state index in [1.807, 2.05) is 29.6 Å².